The summed E-state index contributed by atoms with van der Waals surface area (Å²) < 4.78 is 19.0. The summed E-state index contributed by atoms with van der Waals surface area (Å²) in [7, 11) is 0. The third-order valence-corrected chi connectivity index (χ3v) is 6.55. The van der Waals surface area contributed by atoms with Crippen molar-refractivity contribution >= 4 is 23.6 Å². The van der Waals surface area contributed by atoms with E-state index in [9.17, 15) is 14.0 Å². The summed E-state index contributed by atoms with van der Waals surface area (Å²) in [6.45, 7) is 9.64. The van der Waals surface area contributed by atoms with Crippen molar-refractivity contribution in [2.75, 3.05) is 5.75 Å². The van der Waals surface area contributed by atoms with Gasteiger partial charge in [0.25, 0.3) is 0 Å². The second-order valence-corrected chi connectivity index (χ2v) is 9.59. The van der Waals surface area contributed by atoms with Crippen molar-refractivity contribution in [1.82, 2.24) is 16.0 Å². The number of hydrogen-bond donors (Lipinski definition) is 3. The molecule has 1 aromatic carbocycles. The molecule has 0 spiro atoms. The van der Waals surface area contributed by atoms with Crippen LogP contribution in [0.1, 0.15) is 46.1 Å². The Morgan fingerprint density at radius 1 is 1.17 bits per heavy atom. The maximum absolute atomic E-state index is 13.6. The summed E-state index contributed by atoms with van der Waals surface area (Å²) in [4.78, 5) is 26.1. The fraction of sp³-hybridized carbons (Fsp3) is 0.545. The molecule has 2 aliphatic rings. The van der Waals surface area contributed by atoms with Crippen LogP contribution in [-0.2, 0) is 14.3 Å². The van der Waals surface area contributed by atoms with Crippen LogP contribution < -0.4 is 16.0 Å². The standard InChI is InChI=1S/C22H30FN3O3S/c1-11(2)10-30-22-25-19-18(20(27)26-22)17(14-6-8-15(23)9-7-14)16(13(5)24-19)21(28)29-12(3)4/h6-9,11-12,17-19,22,24-25H,10H2,1-5H3,(H,26,27). The summed E-state index contributed by atoms with van der Waals surface area (Å²) >= 11 is 1.64. The molecular weight excluding hydrogens is 405 g/mol. The Kier molecular flexibility index (Phi) is 7.08. The summed E-state index contributed by atoms with van der Waals surface area (Å²) in [5.41, 5.74) is 1.54. The topological polar surface area (TPSA) is 79.5 Å². The van der Waals surface area contributed by atoms with Gasteiger partial charge in [-0.1, -0.05) is 26.0 Å². The molecule has 1 amide bonds. The van der Waals surface area contributed by atoms with Gasteiger partial charge in [0.15, 0.2) is 0 Å². The van der Waals surface area contributed by atoms with Gasteiger partial charge in [-0.15, -0.1) is 11.8 Å². The Morgan fingerprint density at radius 2 is 1.83 bits per heavy atom. The number of amides is 1. The third kappa shape index (κ3) is 4.98. The lowest BCUT2D eigenvalue weighted by atomic mass is 9.74. The van der Waals surface area contributed by atoms with Crippen LogP contribution in [0.15, 0.2) is 35.5 Å². The number of thioether (sulfide) groups is 1. The van der Waals surface area contributed by atoms with Crippen molar-refractivity contribution in [3.05, 3.63) is 46.9 Å². The maximum Gasteiger partial charge on any atom is 0.336 e. The molecule has 30 heavy (non-hydrogen) atoms. The molecule has 3 N–H and O–H groups in total. The molecule has 1 fully saturated rings. The molecule has 0 aromatic heterocycles. The van der Waals surface area contributed by atoms with Gasteiger partial charge in [-0.3, -0.25) is 10.1 Å². The van der Waals surface area contributed by atoms with E-state index in [-0.39, 0.29) is 29.5 Å². The first kappa shape index (κ1) is 22.6. The Labute approximate surface area is 181 Å². The van der Waals surface area contributed by atoms with E-state index in [0.29, 0.717) is 22.8 Å². The van der Waals surface area contributed by atoms with Gasteiger partial charge in [-0.2, -0.15) is 0 Å². The summed E-state index contributed by atoms with van der Waals surface area (Å²) in [5, 5.41) is 9.76. The van der Waals surface area contributed by atoms with Crippen LogP contribution in [-0.4, -0.2) is 35.4 Å². The summed E-state index contributed by atoms with van der Waals surface area (Å²) in [6, 6.07) is 5.96. The highest BCUT2D eigenvalue weighted by atomic mass is 32.2. The number of halogens is 1. The number of allylic oxidation sites excluding steroid dienone is 1. The van der Waals surface area contributed by atoms with E-state index >= 15 is 0 Å². The monoisotopic (exact) mass is 435 g/mol. The molecule has 8 heteroatoms. The molecular formula is C22H30FN3O3S. The summed E-state index contributed by atoms with van der Waals surface area (Å²) in [5.74, 6) is -0.714. The van der Waals surface area contributed by atoms with Crippen molar-refractivity contribution in [2.24, 2.45) is 11.8 Å². The van der Waals surface area contributed by atoms with Crippen molar-refractivity contribution in [3.8, 4) is 0 Å². The lowest BCUT2D eigenvalue weighted by molar-refractivity contribution is -0.143. The highest BCUT2D eigenvalue weighted by Crippen LogP contribution is 2.41. The Hall–Kier alpha value is -2.06. The molecule has 1 aromatic rings. The molecule has 0 aliphatic carbocycles. The fourth-order valence-corrected chi connectivity index (χ4v) is 4.88. The molecule has 0 saturated carbocycles. The zero-order valence-electron chi connectivity index (χ0n) is 18.0. The largest absolute Gasteiger partial charge is 0.460 e. The first-order valence-corrected chi connectivity index (χ1v) is 11.3. The van der Waals surface area contributed by atoms with Gasteiger partial charge >= 0.3 is 5.97 Å². The number of fused-ring (bicyclic) bond motifs is 1. The van der Waals surface area contributed by atoms with Gasteiger partial charge in [-0.05, 0) is 50.1 Å². The summed E-state index contributed by atoms with van der Waals surface area (Å²) in [6.07, 6.45) is -0.645. The van der Waals surface area contributed by atoms with Crippen molar-refractivity contribution in [2.45, 2.75) is 58.3 Å². The van der Waals surface area contributed by atoms with E-state index in [2.05, 4.69) is 29.8 Å². The lowest BCUT2D eigenvalue weighted by Gasteiger charge is -2.45. The van der Waals surface area contributed by atoms with E-state index in [1.54, 1.807) is 37.7 Å². The molecule has 2 aliphatic heterocycles. The predicted molar refractivity (Wildman–Crippen MR) is 116 cm³/mol. The number of carbonyl (C=O) groups excluding carboxylic acids is 2. The van der Waals surface area contributed by atoms with Gasteiger partial charge in [0, 0.05) is 11.6 Å². The molecule has 3 rings (SSSR count). The lowest BCUT2D eigenvalue weighted by Crippen LogP contribution is -2.67. The van der Waals surface area contributed by atoms with Crippen LogP contribution in [0.5, 0.6) is 0 Å². The van der Waals surface area contributed by atoms with E-state index in [1.165, 1.54) is 12.1 Å². The molecule has 2 heterocycles. The van der Waals surface area contributed by atoms with Gasteiger partial charge in [0.2, 0.25) is 5.91 Å². The normalized spacial score (nSPS) is 26.3. The van der Waals surface area contributed by atoms with Crippen LogP contribution in [0.4, 0.5) is 4.39 Å². The Bertz CT molecular complexity index is 825. The van der Waals surface area contributed by atoms with Crippen LogP contribution in [0.3, 0.4) is 0 Å². The number of hydrogen-bond acceptors (Lipinski definition) is 6. The second-order valence-electron chi connectivity index (χ2n) is 8.45. The zero-order valence-corrected chi connectivity index (χ0v) is 18.8. The molecule has 4 atom stereocenters. The number of rotatable bonds is 6. The minimum Gasteiger partial charge on any atom is -0.460 e. The van der Waals surface area contributed by atoms with Gasteiger partial charge in [0.05, 0.1) is 23.8 Å². The SMILES string of the molecule is CC1=C(C(=O)OC(C)C)C(c2ccc(F)cc2)C2C(=O)NC(SCC(C)C)NC2N1. The zero-order chi connectivity index (χ0) is 22.0. The highest BCUT2D eigenvalue weighted by Gasteiger charge is 2.48. The van der Waals surface area contributed by atoms with Crippen molar-refractivity contribution in [1.29, 1.82) is 0 Å². The number of nitrogens with one attached hydrogen (secondary N) is 3. The maximum atomic E-state index is 13.6. The van der Waals surface area contributed by atoms with E-state index in [0.717, 1.165) is 5.75 Å². The van der Waals surface area contributed by atoms with Gasteiger partial charge in [-0.25, -0.2) is 9.18 Å². The molecule has 164 valence electrons. The number of ether oxygens (including phenoxy) is 1. The average molecular weight is 436 g/mol. The van der Waals surface area contributed by atoms with E-state index < -0.39 is 17.8 Å². The first-order chi connectivity index (χ1) is 14.2. The molecule has 0 bridgehead atoms. The number of esters is 1. The Morgan fingerprint density at radius 3 is 2.43 bits per heavy atom. The van der Waals surface area contributed by atoms with E-state index in [4.69, 9.17) is 4.74 Å². The van der Waals surface area contributed by atoms with Crippen LogP contribution in [0.25, 0.3) is 0 Å². The predicted octanol–water partition coefficient (Wildman–Crippen LogP) is 3.07. The van der Waals surface area contributed by atoms with Crippen molar-refractivity contribution < 1.29 is 18.7 Å². The fourth-order valence-electron chi connectivity index (χ4n) is 3.86. The highest BCUT2D eigenvalue weighted by molar-refractivity contribution is 7.99. The number of benzene rings is 1. The second kappa shape index (κ2) is 9.39. The molecule has 1 saturated heterocycles. The molecule has 0 radical (unpaired) electrons. The van der Waals surface area contributed by atoms with E-state index in [1.807, 2.05) is 6.92 Å². The third-order valence-electron chi connectivity index (χ3n) is 5.10. The average Bonchev–Trinajstić information content (AvgIpc) is 2.65. The number of carbonyl (C=O) groups is 2. The van der Waals surface area contributed by atoms with Crippen LogP contribution >= 0.6 is 11.8 Å². The molecule has 6 nitrogen and oxygen atoms in total. The van der Waals surface area contributed by atoms with Crippen molar-refractivity contribution in [3.63, 3.8) is 0 Å². The first-order valence-electron chi connectivity index (χ1n) is 10.3. The minimum absolute atomic E-state index is 0.149. The smallest absolute Gasteiger partial charge is 0.336 e. The Balaban J connectivity index is 1.98. The minimum atomic E-state index is -0.579. The van der Waals surface area contributed by atoms with Gasteiger partial charge in [0.1, 0.15) is 11.3 Å². The van der Waals surface area contributed by atoms with Crippen LogP contribution in [0.2, 0.25) is 0 Å². The molecule has 4 unspecified atom stereocenters. The van der Waals surface area contributed by atoms with Crippen LogP contribution in [0, 0.1) is 17.7 Å². The van der Waals surface area contributed by atoms with Gasteiger partial charge < -0.3 is 15.4 Å². The quantitative estimate of drug-likeness (QED) is 0.596.